The zero-order valence-corrected chi connectivity index (χ0v) is 17.1. The summed E-state index contributed by atoms with van der Waals surface area (Å²) in [5, 5.41) is 2.71. The van der Waals surface area contributed by atoms with E-state index in [9.17, 15) is 18.0 Å². The number of esters is 1. The van der Waals surface area contributed by atoms with E-state index in [0.717, 1.165) is 0 Å². The Bertz CT molecular complexity index is 723. The van der Waals surface area contributed by atoms with E-state index in [1.807, 2.05) is 0 Å². The Kier molecular flexibility index (Phi) is 9.78. The number of unbranched alkanes of at least 4 members (excludes halogenated alkanes) is 1. The van der Waals surface area contributed by atoms with Gasteiger partial charge in [0.15, 0.2) is 0 Å². The summed E-state index contributed by atoms with van der Waals surface area (Å²) in [5.41, 5.74) is 0.215. The van der Waals surface area contributed by atoms with E-state index in [4.69, 9.17) is 4.74 Å². The number of carbonyl (C=O) groups is 2. The highest BCUT2D eigenvalue weighted by molar-refractivity contribution is 9.10. The van der Waals surface area contributed by atoms with Gasteiger partial charge in [-0.2, -0.15) is 0 Å². The molecule has 0 aliphatic rings. The van der Waals surface area contributed by atoms with Crippen LogP contribution < -0.4 is 10.0 Å². The molecule has 0 aliphatic carbocycles. The van der Waals surface area contributed by atoms with Crippen molar-refractivity contribution in [2.45, 2.75) is 24.2 Å². The molecule has 0 unspecified atom stereocenters. The van der Waals surface area contributed by atoms with E-state index < -0.39 is 15.9 Å². The van der Waals surface area contributed by atoms with Crippen molar-refractivity contribution in [3.05, 3.63) is 28.2 Å². The van der Waals surface area contributed by atoms with Crippen molar-refractivity contribution in [1.29, 1.82) is 0 Å². The number of halogens is 1. The minimum absolute atomic E-state index is 0.00681. The van der Waals surface area contributed by atoms with E-state index in [1.54, 1.807) is 0 Å². The third kappa shape index (κ3) is 7.40. The van der Waals surface area contributed by atoms with Gasteiger partial charge in [0.2, 0.25) is 10.0 Å². The number of rotatable bonds is 11. The van der Waals surface area contributed by atoms with Gasteiger partial charge < -0.3 is 14.8 Å². The van der Waals surface area contributed by atoms with Crippen molar-refractivity contribution in [2.24, 2.45) is 0 Å². The van der Waals surface area contributed by atoms with Crippen LogP contribution in [0.5, 0.6) is 0 Å². The number of methoxy groups -OCH3 is 2. The number of nitrogens with one attached hydrogen (secondary N) is 2. The van der Waals surface area contributed by atoms with Crippen LogP contribution in [0.2, 0.25) is 0 Å². The first kappa shape index (κ1) is 22.6. The fourth-order valence-electron chi connectivity index (χ4n) is 2.00. The number of benzene rings is 1. The summed E-state index contributed by atoms with van der Waals surface area (Å²) in [6, 6.07) is 4.23. The Hall–Kier alpha value is -1.49. The van der Waals surface area contributed by atoms with Crippen LogP contribution in [0.3, 0.4) is 0 Å². The predicted molar refractivity (Wildman–Crippen MR) is 99.4 cm³/mol. The van der Waals surface area contributed by atoms with Gasteiger partial charge in [-0.3, -0.25) is 9.59 Å². The maximum absolute atomic E-state index is 12.3. The van der Waals surface area contributed by atoms with E-state index in [-0.39, 0.29) is 36.0 Å². The van der Waals surface area contributed by atoms with E-state index in [2.05, 4.69) is 30.7 Å². The summed E-state index contributed by atoms with van der Waals surface area (Å²) in [4.78, 5) is 23.3. The van der Waals surface area contributed by atoms with Gasteiger partial charge in [0, 0.05) is 31.1 Å². The lowest BCUT2D eigenvalue weighted by Crippen LogP contribution is -2.28. The number of sulfonamides is 1. The highest BCUT2D eigenvalue weighted by atomic mass is 79.9. The lowest BCUT2D eigenvalue weighted by molar-refractivity contribution is -0.140. The van der Waals surface area contributed by atoms with Gasteiger partial charge >= 0.3 is 5.97 Å². The van der Waals surface area contributed by atoms with Crippen molar-refractivity contribution in [3.8, 4) is 0 Å². The number of ether oxygens (including phenoxy) is 2. The normalized spacial score (nSPS) is 11.2. The average molecular weight is 451 g/mol. The van der Waals surface area contributed by atoms with Gasteiger partial charge in [0.05, 0.1) is 24.2 Å². The molecule has 0 saturated carbocycles. The second kappa shape index (κ2) is 11.3. The lowest BCUT2D eigenvalue weighted by Gasteiger charge is -2.10. The fraction of sp³-hybridized carbons (Fsp3) is 0.500. The Balaban J connectivity index is 2.68. The number of amides is 1. The molecule has 1 aromatic rings. The average Bonchev–Trinajstić information content (AvgIpc) is 2.61. The van der Waals surface area contributed by atoms with Crippen molar-refractivity contribution < 1.29 is 27.5 Å². The zero-order valence-electron chi connectivity index (χ0n) is 14.7. The fourth-order valence-corrected chi connectivity index (χ4v) is 3.47. The van der Waals surface area contributed by atoms with Gasteiger partial charge in [-0.05, 0) is 47.0 Å². The first-order valence-corrected chi connectivity index (χ1v) is 10.2. The molecule has 8 nitrogen and oxygen atoms in total. The Morgan fingerprint density at radius 3 is 2.54 bits per heavy atom. The van der Waals surface area contributed by atoms with E-state index in [0.29, 0.717) is 23.9 Å². The molecule has 0 saturated heterocycles. The Morgan fingerprint density at radius 1 is 1.15 bits per heavy atom. The predicted octanol–water partition coefficient (Wildman–Crippen LogP) is 1.45. The van der Waals surface area contributed by atoms with Crippen LogP contribution in [0.4, 0.5) is 0 Å². The van der Waals surface area contributed by atoms with Crippen molar-refractivity contribution in [2.75, 3.05) is 33.9 Å². The third-order valence-corrected chi connectivity index (χ3v) is 5.56. The molecule has 0 atom stereocenters. The minimum atomic E-state index is -3.73. The third-order valence-electron chi connectivity index (χ3n) is 3.41. The smallest absolute Gasteiger partial charge is 0.305 e. The van der Waals surface area contributed by atoms with Gasteiger partial charge in [0.25, 0.3) is 5.91 Å². The Morgan fingerprint density at radius 2 is 1.88 bits per heavy atom. The summed E-state index contributed by atoms with van der Waals surface area (Å²) in [6.45, 7) is 0.747. The summed E-state index contributed by atoms with van der Waals surface area (Å²) in [5.74, 6) is -0.693. The van der Waals surface area contributed by atoms with Crippen LogP contribution in [-0.4, -0.2) is 54.2 Å². The second-order valence-corrected chi connectivity index (χ2v) is 7.94. The summed E-state index contributed by atoms with van der Waals surface area (Å²) in [7, 11) is -0.929. The Labute approximate surface area is 161 Å². The van der Waals surface area contributed by atoms with Crippen molar-refractivity contribution >= 4 is 37.8 Å². The summed E-state index contributed by atoms with van der Waals surface area (Å²) < 4.78 is 36.7. The monoisotopic (exact) mass is 450 g/mol. The van der Waals surface area contributed by atoms with Crippen LogP contribution in [0.15, 0.2) is 27.6 Å². The molecule has 2 N–H and O–H groups in total. The topological polar surface area (TPSA) is 111 Å². The molecule has 0 spiro atoms. The van der Waals surface area contributed by atoms with Crippen LogP contribution in [-0.2, 0) is 24.3 Å². The molecular formula is C16H23BrN2O6S. The van der Waals surface area contributed by atoms with Crippen LogP contribution >= 0.6 is 15.9 Å². The molecule has 0 fully saturated rings. The standard InChI is InChI=1S/C16H23BrN2O6S/c1-24-10-9-19-26(22,23)12-6-7-14(17)13(11-12)16(21)18-8-4-3-5-15(20)25-2/h6-7,11,19H,3-5,8-10H2,1-2H3,(H,18,21). The largest absolute Gasteiger partial charge is 0.469 e. The van der Waals surface area contributed by atoms with Crippen molar-refractivity contribution in [3.63, 3.8) is 0 Å². The van der Waals surface area contributed by atoms with Gasteiger partial charge in [-0.25, -0.2) is 13.1 Å². The molecule has 146 valence electrons. The molecule has 1 aromatic carbocycles. The highest BCUT2D eigenvalue weighted by Gasteiger charge is 2.18. The molecular weight excluding hydrogens is 428 g/mol. The number of hydrogen-bond acceptors (Lipinski definition) is 6. The van der Waals surface area contributed by atoms with Crippen LogP contribution in [0.25, 0.3) is 0 Å². The van der Waals surface area contributed by atoms with Gasteiger partial charge in [-0.1, -0.05) is 0 Å². The molecule has 0 radical (unpaired) electrons. The molecule has 0 bridgehead atoms. The number of hydrogen-bond donors (Lipinski definition) is 2. The van der Waals surface area contributed by atoms with Crippen LogP contribution in [0.1, 0.15) is 29.6 Å². The zero-order chi connectivity index (χ0) is 19.6. The minimum Gasteiger partial charge on any atom is -0.469 e. The van der Waals surface area contributed by atoms with E-state index in [1.165, 1.54) is 32.4 Å². The maximum atomic E-state index is 12.3. The quantitative estimate of drug-likeness (QED) is 0.389. The number of carbonyl (C=O) groups excluding carboxylic acids is 2. The second-order valence-electron chi connectivity index (χ2n) is 5.32. The van der Waals surface area contributed by atoms with Crippen LogP contribution in [0, 0.1) is 0 Å². The molecule has 1 rings (SSSR count). The summed E-state index contributed by atoms with van der Waals surface area (Å²) >= 11 is 3.26. The lowest BCUT2D eigenvalue weighted by atomic mass is 10.2. The van der Waals surface area contributed by atoms with Crippen molar-refractivity contribution in [1.82, 2.24) is 10.0 Å². The first-order chi connectivity index (χ1) is 12.3. The maximum Gasteiger partial charge on any atom is 0.305 e. The van der Waals surface area contributed by atoms with Gasteiger partial charge in [-0.15, -0.1) is 0 Å². The molecule has 0 aliphatic heterocycles. The first-order valence-electron chi connectivity index (χ1n) is 7.95. The molecule has 0 aromatic heterocycles. The molecule has 26 heavy (non-hydrogen) atoms. The molecule has 10 heteroatoms. The molecule has 0 heterocycles. The van der Waals surface area contributed by atoms with E-state index >= 15 is 0 Å². The summed E-state index contributed by atoms with van der Waals surface area (Å²) in [6.07, 6.45) is 1.48. The molecule has 1 amide bonds. The SMILES string of the molecule is COCCNS(=O)(=O)c1ccc(Br)c(C(=O)NCCCCC(=O)OC)c1. The highest BCUT2D eigenvalue weighted by Crippen LogP contribution is 2.21. The van der Waals surface area contributed by atoms with Gasteiger partial charge in [0.1, 0.15) is 0 Å².